The van der Waals surface area contributed by atoms with Crippen molar-refractivity contribution in [3.63, 3.8) is 0 Å². The highest BCUT2D eigenvalue weighted by Crippen LogP contribution is 2.27. The molecule has 0 aromatic rings. The fraction of sp³-hybridized carbons (Fsp3) is 0.812. The van der Waals surface area contributed by atoms with Crippen LogP contribution in [0.1, 0.15) is 27.2 Å². The van der Waals surface area contributed by atoms with Crippen LogP contribution in [0.15, 0.2) is 0 Å². The van der Waals surface area contributed by atoms with Gasteiger partial charge in [0.15, 0.2) is 12.4 Å². The molecule has 150 valence electrons. The number of carbonyl (C=O) groups excluding carboxylic acids is 3. The topological polar surface area (TPSA) is 101 Å². The van der Waals surface area contributed by atoms with Gasteiger partial charge >= 0.3 is 17.9 Å². The molecule has 0 N–H and O–H groups in total. The Balaban J connectivity index is 2.84. The standard InChI is InChI=1S/C16H26FNO8/c1-10(19)23-8-13-7-14(24-11(2)20)15(25-12(3)21)16(26-13)22-6-5-18(4)9-17/h13-16H,5-9H2,1-4H3/t13-,14-,15+,16+/m0/s1. The predicted molar refractivity (Wildman–Crippen MR) is 85.6 cm³/mol. The number of nitrogens with zero attached hydrogens (tertiary/aromatic N) is 1. The van der Waals surface area contributed by atoms with Crippen LogP contribution in [0.4, 0.5) is 4.39 Å². The van der Waals surface area contributed by atoms with Crippen molar-refractivity contribution < 1.29 is 42.5 Å². The summed E-state index contributed by atoms with van der Waals surface area (Å²) >= 11 is 0. The molecule has 0 bridgehead atoms. The van der Waals surface area contributed by atoms with Gasteiger partial charge in [-0.05, 0) is 7.05 Å². The summed E-state index contributed by atoms with van der Waals surface area (Å²) in [5.41, 5.74) is 0. The van der Waals surface area contributed by atoms with Crippen LogP contribution in [0.3, 0.4) is 0 Å². The van der Waals surface area contributed by atoms with Crippen LogP contribution >= 0.6 is 0 Å². The van der Waals surface area contributed by atoms with Crippen molar-refractivity contribution in [2.45, 2.75) is 51.8 Å². The minimum absolute atomic E-state index is 0.0653. The van der Waals surface area contributed by atoms with E-state index in [0.29, 0.717) is 0 Å². The van der Waals surface area contributed by atoms with Crippen molar-refractivity contribution in [2.24, 2.45) is 0 Å². The fourth-order valence-corrected chi connectivity index (χ4v) is 2.38. The summed E-state index contributed by atoms with van der Waals surface area (Å²) in [7, 11) is 1.57. The molecular weight excluding hydrogens is 353 g/mol. The van der Waals surface area contributed by atoms with E-state index in [4.69, 9.17) is 23.7 Å². The van der Waals surface area contributed by atoms with Gasteiger partial charge in [0.25, 0.3) is 0 Å². The average Bonchev–Trinajstić information content (AvgIpc) is 2.54. The first-order valence-corrected chi connectivity index (χ1v) is 8.22. The van der Waals surface area contributed by atoms with E-state index in [2.05, 4.69) is 0 Å². The summed E-state index contributed by atoms with van der Waals surface area (Å²) in [6.07, 6.45) is -3.31. The smallest absolute Gasteiger partial charge is 0.303 e. The minimum Gasteiger partial charge on any atom is -0.463 e. The van der Waals surface area contributed by atoms with Gasteiger partial charge in [-0.1, -0.05) is 0 Å². The molecule has 26 heavy (non-hydrogen) atoms. The lowest BCUT2D eigenvalue weighted by atomic mass is 10.0. The highest BCUT2D eigenvalue weighted by molar-refractivity contribution is 5.67. The van der Waals surface area contributed by atoms with Gasteiger partial charge in [0.1, 0.15) is 19.5 Å². The third-order valence-corrected chi connectivity index (χ3v) is 3.51. The molecule has 1 saturated heterocycles. The third kappa shape index (κ3) is 8.07. The molecule has 1 rings (SSSR count). The van der Waals surface area contributed by atoms with E-state index >= 15 is 0 Å². The average molecular weight is 379 g/mol. The maximum absolute atomic E-state index is 12.5. The summed E-state index contributed by atoms with van der Waals surface area (Å²) in [6.45, 7) is 3.36. The number of halogens is 1. The zero-order valence-electron chi connectivity index (χ0n) is 15.4. The molecule has 0 aromatic carbocycles. The quantitative estimate of drug-likeness (QED) is 0.320. The molecular formula is C16H26FNO8. The Kier molecular flexibility index (Phi) is 9.46. The van der Waals surface area contributed by atoms with Crippen LogP contribution in [-0.4, -0.2) is 81.0 Å². The molecule has 0 radical (unpaired) electrons. The molecule has 9 nitrogen and oxygen atoms in total. The second-order valence-electron chi connectivity index (χ2n) is 5.96. The number of hydrogen-bond donors (Lipinski definition) is 0. The Bertz CT molecular complexity index is 489. The van der Waals surface area contributed by atoms with Gasteiger partial charge in [-0.2, -0.15) is 0 Å². The summed E-state index contributed by atoms with van der Waals surface area (Å²) in [6, 6.07) is 0. The number of rotatable bonds is 9. The lowest BCUT2D eigenvalue weighted by Crippen LogP contribution is -2.54. The number of hydrogen-bond acceptors (Lipinski definition) is 9. The molecule has 0 amide bonds. The van der Waals surface area contributed by atoms with Crippen LogP contribution in [0, 0.1) is 0 Å². The zero-order valence-corrected chi connectivity index (χ0v) is 15.4. The zero-order chi connectivity index (χ0) is 19.7. The maximum Gasteiger partial charge on any atom is 0.303 e. The maximum atomic E-state index is 12.5. The SMILES string of the molecule is CC(=O)OC[C@@H]1C[C@H](OC(C)=O)[C@@H](OC(C)=O)[C@H](OCCN(C)CF)O1. The monoisotopic (exact) mass is 379 g/mol. The normalized spacial score (nSPS) is 25.6. The highest BCUT2D eigenvalue weighted by Gasteiger charge is 2.44. The van der Waals surface area contributed by atoms with Crippen LogP contribution < -0.4 is 0 Å². The highest BCUT2D eigenvalue weighted by atomic mass is 19.1. The number of ether oxygens (including phenoxy) is 5. The van der Waals surface area contributed by atoms with E-state index in [0.717, 1.165) is 0 Å². The molecule has 1 aliphatic heterocycles. The Morgan fingerprint density at radius 2 is 1.77 bits per heavy atom. The van der Waals surface area contributed by atoms with Crippen molar-refractivity contribution in [1.82, 2.24) is 4.90 Å². The van der Waals surface area contributed by atoms with Gasteiger partial charge in [0.05, 0.1) is 12.7 Å². The van der Waals surface area contributed by atoms with E-state index in [9.17, 15) is 18.8 Å². The first kappa shape index (κ1) is 22.3. The Labute approximate surface area is 151 Å². The van der Waals surface area contributed by atoms with Crippen LogP contribution in [-0.2, 0) is 38.1 Å². The lowest BCUT2D eigenvalue weighted by Gasteiger charge is -2.40. The Morgan fingerprint density at radius 3 is 2.31 bits per heavy atom. The van der Waals surface area contributed by atoms with Crippen LogP contribution in [0.5, 0.6) is 0 Å². The van der Waals surface area contributed by atoms with E-state index < -0.39 is 49.3 Å². The molecule has 0 aliphatic carbocycles. The fourth-order valence-electron chi connectivity index (χ4n) is 2.38. The van der Waals surface area contributed by atoms with Crippen molar-refractivity contribution in [3.8, 4) is 0 Å². The summed E-state index contributed by atoms with van der Waals surface area (Å²) in [5, 5.41) is 0. The predicted octanol–water partition coefficient (Wildman–Crippen LogP) is 0.403. The molecule has 1 heterocycles. The van der Waals surface area contributed by atoms with E-state index in [-0.39, 0.29) is 26.2 Å². The molecule has 0 saturated carbocycles. The Hall–Kier alpha value is -1.78. The molecule has 1 fully saturated rings. The molecule has 10 heteroatoms. The van der Waals surface area contributed by atoms with Gasteiger partial charge in [-0.15, -0.1) is 0 Å². The summed E-state index contributed by atoms with van der Waals surface area (Å²) in [4.78, 5) is 35.2. The largest absolute Gasteiger partial charge is 0.463 e. The molecule has 0 aromatic heterocycles. The van der Waals surface area contributed by atoms with Gasteiger partial charge < -0.3 is 23.7 Å². The van der Waals surface area contributed by atoms with Crippen LogP contribution in [0.2, 0.25) is 0 Å². The number of carbonyl (C=O) groups is 3. The molecule has 4 atom stereocenters. The second-order valence-corrected chi connectivity index (χ2v) is 5.96. The van der Waals surface area contributed by atoms with Gasteiger partial charge in [-0.25, -0.2) is 4.39 Å². The lowest BCUT2D eigenvalue weighted by molar-refractivity contribution is -0.279. The molecule has 1 aliphatic rings. The summed E-state index contributed by atoms with van der Waals surface area (Å²) in [5.74, 6) is -1.64. The molecule has 0 spiro atoms. The van der Waals surface area contributed by atoms with Crippen LogP contribution in [0.25, 0.3) is 0 Å². The van der Waals surface area contributed by atoms with Gasteiger partial charge in [0.2, 0.25) is 0 Å². The van der Waals surface area contributed by atoms with Crippen molar-refractivity contribution in [2.75, 3.05) is 33.6 Å². The number of esters is 3. The first-order valence-electron chi connectivity index (χ1n) is 8.22. The van der Waals surface area contributed by atoms with Crippen molar-refractivity contribution in [3.05, 3.63) is 0 Å². The molecule has 0 unspecified atom stereocenters. The van der Waals surface area contributed by atoms with Crippen molar-refractivity contribution in [1.29, 1.82) is 0 Å². The van der Waals surface area contributed by atoms with Gasteiger partial charge in [0, 0.05) is 33.7 Å². The van der Waals surface area contributed by atoms with E-state index in [1.165, 1.54) is 25.7 Å². The van der Waals surface area contributed by atoms with Crippen molar-refractivity contribution >= 4 is 17.9 Å². The first-order chi connectivity index (χ1) is 12.2. The van der Waals surface area contributed by atoms with E-state index in [1.54, 1.807) is 7.05 Å². The number of likely N-dealkylation sites (N-methyl/N-ethyl adjacent to an activating group) is 1. The minimum atomic E-state index is -1.05. The van der Waals surface area contributed by atoms with Gasteiger partial charge in [-0.3, -0.25) is 19.3 Å². The number of alkyl halides is 1. The van der Waals surface area contributed by atoms with E-state index in [1.807, 2.05) is 0 Å². The Morgan fingerprint density at radius 1 is 1.12 bits per heavy atom. The second kappa shape index (κ2) is 11.0. The third-order valence-electron chi connectivity index (χ3n) is 3.51. The summed E-state index contributed by atoms with van der Waals surface area (Å²) < 4.78 is 39.2.